The van der Waals surface area contributed by atoms with Crippen molar-refractivity contribution < 1.29 is 14.7 Å². The molecule has 3 N–H and O–H groups in total. The lowest BCUT2D eigenvalue weighted by Gasteiger charge is -2.16. The Balaban J connectivity index is 1.12. The number of benzene rings is 2. The molecular weight excluding hydrogens is 502 g/mol. The number of amides is 1. The Labute approximate surface area is 220 Å². The molecule has 7 rings (SSSR count). The molecule has 10 nitrogen and oxygen atoms in total. The monoisotopic (exact) mass is 525 g/mol. The molecule has 5 heterocycles. The summed E-state index contributed by atoms with van der Waals surface area (Å²) in [4.78, 5) is 39.5. The Morgan fingerprint density at radius 2 is 1.76 bits per heavy atom. The second-order valence-corrected chi connectivity index (χ2v) is 10.5. The van der Waals surface area contributed by atoms with Crippen LogP contribution in [0.4, 0.5) is 21.5 Å². The van der Waals surface area contributed by atoms with Crippen molar-refractivity contribution in [3.63, 3.8) is 0 Å². The third-order valence-electron chi connectivity index (χ3n) is 7.20. The fourth-order valence-corrected chi connectivity index (χ4v) is 6.14. The van der Waals surface area contributed by atoms with Gasteiger partial charge in [-0.1, -0.05) is 11.3 Å². The molecule has 190 valence electrons. The van der Waals surface area contributed by atoms with Crippen LogP contribution in [0.25, 0.3) is 21.8 Å². The summed E-state index contributed by atoms with van der Waals surface area (Å²) >= 11 is 1.54. The van der Waals surface area contributed by atoms with Crippen LogP contribution in [-0.4, -0.2) is 51.6 Å². The lowest BCUT2D eigenvalue weighted by atomic mass is 10.1. The molecule has 0 aliphatic carbocycles. The van der Waals surface area contributed by atoms with Gasteiger partial charge >= 0.3 is 5.97 Å². The lowest BCUT2D eigenvalue weighted by molar-refractivity contribution is 0.0691. The first-order valence-corrected chi connectivity index (χ1v) is 13.3. The molecule has 0 atom stereocenters. The SMILES string of the molecule is O=C(O)c1cc2c3c(ccc2[nH]1)N(C(=O)c1cc2cc(/N=N/c4cnc(N5CCCC5)s4)ccc2[nH]1)CC3. The van der Waals surface area contributed by atoms with Crippen molar-refractivity contribution in [2.24, 2.45) is 10.2 Å². The van der Waals surface area contributed by atoms with Gasteiger partial charge in [-0.15, -0.1) is 10.2 Å². The number of rotatable bonds is 5. The van der Waals surface area contributed by atoms with Crippen LogP contribution in [0.1, 0.15) is 39.4 Å². The highest BCUT2D eigenvalue weighted by Crippen LogP contribution is 2.36. The van der Waals surface area contributed by atoms with Crippen molar-refractivity contribution in [2.75, 3.05) is 29.4 Å². The highest BCUT2D eigenvalue weighted by molar-refractivity contribution is 7.19. The number of azo groups is 1. The van der Waals surface area contributed by atoms with E-state index >= 15 is 0 Å². The molecule has 3 aromatic heterocycles. The van der Waals surface area contributed by atoms with Crippen LogP contribution >= 0.6 is 11.3 Å². The molecule has 1 saturated heterocycles. The standard InChI is InChI=1S/C27H23N7O3S/c35-25(34-10-7-17-18-13-22(26(36)37)30-20(18)5-6-23(17)34)21-12-15-11-16(3-4-19(15)29-21)31-32-24-14-28-27(38-24)33-8-1-2-9-33/h3-6,11-14,29-30H,1-2,7-10H2,(H,36,37)/b32-31+. The summed E-state index contributed by atoms with van der Waals surface area (Å²) in [6.07, 6.45) is 4.82. The number of carbonyl (C=O) groups is 2. The average molecular weight is 526 g/mol. The fraction of sp³-hybridized carbons (Fsp3) is 0.222. The van der Waals surface area contributed by atoms with E-state index in [4.69, 9.17) is 0 Å². The summed E-state index contributed by atoms with van der Waals surface area (Å²) in [6, 6.07) is 12.9. The van der Waals surface area contributed by atoms with E-state index < -0.39 is 5.97 Å². The molecule has 38 heavy (non-hydrogen) atoms. The first kappa shape index (κ1) is 22.7. The summed E-state index contributed by atoms with van der Waals surface area (Å²) < 4.78 is 0. The number of H-pyrrole nitrogens is 2. The Morgan fingerprint density at radius 1 is 0.947 bits per heavy atom. The predicted octanol–water partition coefficient (Wildman–Crippen LogP) is 6.02. The molecule has 11 heteroatoms. The smallest absolute Gasteiger partial charge is 0.352 e. The van der Waals surface area contributed by atoms with Crippen LogP contribution < -0.4 is 9.80 Å². The number of thiazole rings is 1. The van der Waals surface area contributed by atoms with Crippen LogP contribution in [0.5, 0.6) is 0 Å². The number of carbonyl (C=O) groups excluding carboxylic acids is 1. The summed E-state index contributed by atoms with van der Waals surface area (Å²) in [6.45, 7) is 2.62. The van der Waals surface area contributed by atoms with Crippen molar-refractivity contribution in [1.82, 2.24) is 15.0 Å². The molecule has 0 unspecified atom stereocenters. The molecule has 0 radical (unpaired) electrons. The molecule has 2 aliphatic heterocycles. The second kappa shape index (κ2) is 8.80. The number of hydrogen-bond donors (Lipinski definition) is 3. The molecule has 5 aromatic rings. The number of carboxylic acid groups (broad SMARTS) is 1. The van der Waals surface area contributed by atoms with Crippen LogP contribution in [0.3, 0.4) is 0 Å². The third-order valence-corrected chi connectivity index (χ3v) is 8.14. The molecule has 1 fully saturated rings. The van der Waals surface area contributed by atoms with E-state index in [0.29, 0.717) is 24.3 Å². The van der Waals surface area contributed by atoms with Crippen molar-refractivity contribution in [2.45, 2.75) is 19.3 Å². The van der Waals surface area contributed by atoms with E-state index in [-0.39, 0.29) is 11.6 Å². The van der Waals surface area contributed by atoms with Crippen molar-refractivity contribution in [3.8, 4) is 0 Å². The quantitative estimate of drug-likeness (QED) is 0.242. The fourth-order valence-electron chi connectivity index (χ4n) is 5.35. The summed E-state index contributed by atoms with van der Waals surface area (Å²) in [5.74, 6) is -1.13. The molecule has 0 bridgehead atoms. The van der Waals surface area contributed by atoms with Crippen LogP contribution in [-0.2, 0) is 6.42 Å². The van der Waals surface area contributed by atoms with Gasteiger partial charge in [0.2, 0.25) is 0 Å². The Morgan fingerprint density at radius 3 is 2.61 bits per heavy atom. The first-order valence-electron chi connectivity index (χ1n) is 12.5. The first-order chi connectivity index (χ1) is 18.5. The van der Waals surface area contributed by atoms with Gasteiger partial charge in [-0.05, 0) is 67.3 Å². The highest BCUT2D eigenvalue weighted by atomic mass is 32.1. The summed E-state index contributed by atoms with van der Waals surface area (Å²) in [5, 5.41) is 21.6. The Kier molecular flexibility index (Phi) is 5.25. The van der Waals surface area contributed by atoms with Crippen LogP contribution in [0.15, 0.2) is 58.9 Å². The van der Waals surface area contributed by atoms with Gasteiger partial charge in [-0.2, -0.15) is 0 Å². The largest absolute Gasteiger partial charge is 0.477 e. The normalized spacial score (nSPS) is 15.4. The molecule has 0 spiro atoms. The minimum absolute atomic E-state index is 0.129. The molecule has 0 saturated carbocycles. The van der Waals surface area contributed by atoms with Gasteiger partial charge in [-0.3, -0.25) is 4.79 Å². The zero-order valence-electron chi connectivity index (χ0n) is 20.3. The average Bonchev–Trinajstić information content (AvgIpc) is 3.74. The molecule has 2 aliphatic rings. The lowest BCUT2D eigenvalue weighted by Crippen LogP contribution is -2.29. The number of aromatic nitrogens is 3. The van der Waals surface area contributed by atoms with Crippen molar-refractivity contribution >= 4 is 66.5 Å². The van der Waals surface area contributed by atoms with E-state index in [0.717, 1.165) is 56.3 Å². The summed E-state index contributed by atoms with van der Waals surface area (Å²) in [5.41, 5.74) is 4.71. The maximum absolute atomic E-state index is 13.5. The van der Waals surface area contributed by atoms with Gasteiger partial charge < -0.3 is 24.9 Å². The minimum atomic E-state index is -1.00. The van der Waals surface area contributed by atoms with Gasteiger partial charge in [0.05, 0.1) is 11.9 Å². The van der Waals surface area contributed by atoms with E-state index in [1.165, 1.54) is 24.2 Å². The van der Waals surface area contributed by atoms with Crippen LogP contribution in [0.2, 0.25) is 0 Å². The zero-order chi connectivity index (χ0) is 25.8. The number of aromatic carboxylic acids is 1. The van der Waals surface area contributed by atoms with E-state index in [1.54, 1.807) is 17.2 Å². The molecule has 1 amide bonds. The van der Waals surface area contributed by atoms with Gasteiger partial charge in [-0.25, -0.2) is 9.78 Å². The van der Waals surface area contributed by atoms with Crippen molar-refractivity contribution in [3.05, 3.63) is 65.6 Å². The number of nitrogens with zero attached hydrogens (tertiary/aromatic N) is 5. The van der Waals surface area contributed by atoms with E-state index in [2.05, 4.69) is 30.1 Å². The van der Waals surface area contributed by atoms with Gasteiger partial charge in [0.15, 0.2) is 10.1 Å². The van der Waals surface area contributed by atoms with Gasteiger partial charge in [0.1, 0.15) is 11.4 Å². The zero-order valence-corrected chi connectivity index (χ0v) is 21.1. The highest BCUT2D eigenvalue weighted by Gasteiger charge is 2.29. The number of aromatic amines is 2. The number of fused-ring (bicyclic) bond motifs is 4. The molecular formula is C27H23N7O3S. The maximum Gasteiger partial charge on any atom is 0.352 e. The number of anilines is 2. The maximum atomic E-state index is 13.5. The Hall–Kier alpha value is -4.51. The predicted molar refractivity (Wildman–Crippen MR) is 147 cm³/mol. The number of nitrogens with one attached hydrogen (secondary N) is 2. The third kappa shape index (κ3) is 3.82. The van der Waals surface area contributed by atoms with Gasteiger partial charge in [0.25, 0.3) is 5.91 Å². The summed E-state index contributed by atoms with van der Waals surface area (Å²) in [7, 11) is 0. The minimum Gasteiger partial charge on any atom is -0.477 e. The van der Waals surface area contributed by atoms with E-state index in [1.807, 2.05) is 36.4 Å². The number of carboxylic acids is 1. The number of hydrogen-bond acceptors (Lipinski definition) is 7. The van der Waals surface area contributed by atoms with Gasteiger partial charge in [0, 0.05) is 47.1 Å². The van der Waals surface area contributed by atoms with E-state index in [9.17, 15) is 14.7 Å². The Bertz CT molecular complexity index is 1760. The second-order valence-electron chi connectivity index (χ2n) is 9.55. The molecule has 2 aromatic carbocycles. The van der Waals surface area contributed by atoms with Crippen LogP contribution in [0, 0.1) is 0 Å². The topological polar surface area (TPSA) is 130 Å². The van der Waals surface area contributed by atoms with Crippen molar-refractivity contribution in [1.29, 1.82) is 0 Å².